The van der Waals surface area contributed by atoms with Gasteiger partial charge in [-0.25, -0.2) is 0 Å². The van der Waals surface area contributed by atoms with E-state index in [0.717, 1.165) is 107 Å². The Kier molecular flexibility index (Phi) is 27.2. The average molecular weight is 1180 g/mol. The SMILES string of the molecule is C=C1/C(=C\C=C2/CCC[C@]3(C)C([C@H](C)CCCC(C)C)CC[C@@H]23)C[C@@H](C)C[C@@H]1C.CC(C)CCC[C@@H](C)C1CC[C@H]2/C(=C/C=C3C[C@@H](C)C(C)[C@H](C)C3)CCC[C@]12C.CC(C)CCC[C@@H](C)C1CC[C@H]2/C(=C/C=C3C[C@@H](C)C[C@H](C)C3)CCC[C@]12C. The van der Waals surface area contributed by atoms with E-state index in [1.165, 1.54) is 210 Å². The first kappa shape index (κ1) is 71.6. The molecule has 9 saturated carbocycles. The summed E-state index contributed by atoms with van der Waals surface area (Å²) in [5.41, 5.74) is 13.5. The Morgan fingerprint density at radius 1 is 0.407 bits per heavy atom. The molecule has 9 fully saturated rings. The van der Waals surface area contributed by atoms with Gasteiger partial charge in [0.25, 0.3) is 0 Å². The van der Waals surface area contributed by atoms with Crippen molar-refractivity contribution in [3.63, 3.8) is 0 Å². The number of fused-ring (bicyclic) bond motifs is 3. The van der Waals surface area contributed by atoms with Gasteiger partial charge in [0.05, 0.1) is 0 Å². The van der Waals surface area contributed by atoms with E-state index in [4.69, 9.17) is 0 Å². The summed E-state index contributed by atoms with van der Waals surface area (Å²) in [6.07, 6.45) is 58.9. The fourth-order valence-electron chi connectivity index (χ4n) is 22.2. The third-order valence-corrected chi connectivity index (χ3v) is 27.4. The van der Waals surface area contributed by atoms with Crippen molar-refractivity contribution < 1.29 is 0 Å². The van der Waals surface area contributed by atoms with E-state index in [9.17, 15) is 0 Å². The number of rotatable bonds is 18. The van der Waals surface area contributed by atoms with E-state index in [-0.39, 0.29) is 0 Å². The first-order valence-corrected chi connectivity index (χ1v) is 38.6. The fourth-order valence-corrected chi connectivity index (χ4v) is 22.2. The van der Waals surface area contributed by atoms with Gasteiger partial charge < -0.3 is 0 Å². The molecule has 0 N–H and O–H groups in total. The maximum absolute atomic E-state index is 4.43. The predicted octanol–water partition coefficient (Wildman–Crippen LogP) is 27.3. The summed E-state index contributed by atoms with van der Waals surface area (Å²) in [6, 6.07) is 0. The van der Waals surface area contributed by atoms with Crippen molar-refractivity contribution in [1.82, 2.24) is 0 Å². The van der Waals surface area contributed by atoms with Crippen LogP contribution >= 0.6 is 0 Å². The van der Waals surface area contributed by atoms with Gasteiger partial charge in [0.2, 0.25) is 0 Å². The van der Waals surface area contributed by atoms with Crippen LogP contribution in [0.5, 0.6) is 0 Å². The molecule has 0 heterocycles. The first-order valence-electron chi connectivity index (χ1n) is 38.6. The lowest BCUT2D eigenvalue weighted by molar-refractivity contribution is 0.0928. The van der Waals surface area contributed by atoms with Gasteiger partial charge >= 0.3 is 0 Å². The second-order valence-corrected chi connectivity index (χ2v) is 35.8. The molecule has 0 nitrogen and oxygen atoms in total. The van der Waals surface area contributed by atoms with Gasteiger partial charge in [0, 0.05) is 0 Å². The van der Waals surface area contributed by atoms with E-state index in [1.807, 2.05) is 11.1 Å². The van der Waals surface area contributed by atoms with Gasteiger partial charge in [-0.3, -0.25) is 0 Å². The summed E-state index contributed by atoms with van der Waals surface area (Å²) in [7, 11) is 0. The van der Waals surface area contributed by atoms with Crippen molar-refractivity contribution in [2.75, 3.05) is 0 Å². The van der Waals surface area contributed by atoms with E-state index in [2.05, 4.69) is 175 Å². The van der Waals surface area contributed by atoms with Gasteiger partial charge in [-0.05, 0) is 281 Å². The van der Waals surface area contributed by atoms with Gasteiger partial charge in [-0.2, -0.15) is 0 Å². The monoisotopic (exact) mass is 1180 g/mol. The Labute approximate surface area is 538 Å². The third-order valence-electron chi connectivity index (χ3n) is 27.4. The van der Waals surface area contributed by atoms with Crippen molar-refractivity contribution >= 4 is 0 Å². The van der Waals surface area contributed by atoms with Crippen molar-refractivity contribution in [3.05, 3.63) is 82.0 Å². The lowest BCUT2D eigenvalue weighted by Crippen LogP contribution is -2.36. The summed E-state index contributed by atoms with van der Waals surface area (Å²) in [4.78, 5) is 0. The van der Waals surface area contributed by atoms with Crippen LogP contribution in [0.15, 0.2) is 82.0 Å². The first-order chi connectivity index (χ1) is 40.7. The fraction of sp³-hybridized carbons (Fsp3) is 0.837. The minimum atomic E-state index is 0.546. The third kappa shape index (κ3) is 18.5. The normalized spacial score (nSPS) is 39.5. The van der Waals surface area contributed by atoms with Crippen LogP contribution in [0.3, 0.4) is 0 Å². The molecule has 490 valence electrons. The van der Waals surface area contributed by atoms with Crippen molar-refractivity contribution in [1.29, 1.82) is 0 Å². The highest BCUT2D eigenvalue weighted by atomic mass is 14.6. The summed E-state index contributed by atoms with van der Waals surface area (Å²) in [6.45, 7) is 51.4. The largest absolute Gasteiger partial charge is 0.0953 e. The molecule has 0 bridgehead atoms. The molecule has 9 rings (SSSR count). The van der Waals surface area contributed by atoms with E-state index >= 15 is 0 Å². The molecular formula is C86H146. The minimum absolute atomic E-state index is 0.546. The van der Waals surface area contributed by atoms with Crippen LogP contribution in [0.4, 0.5) is 0 Å². The Hall–Kier alpha value is -1.82. The summed E-state index contributed by atoms with van der Waals surface area (Å²) >= 11 is 0. The second kappa shape index (κ2) is 32.6. The quantitative estimate of drug-likeness (QED) is 0.128. The zero-order valence-corrected chi connectivity index (χ0v) is 61.1. The van der Waals surface area contributed by atoms with Gasteiger partial charge in [0.15, 0.2) is 0 Å². The van der Waals surface area contributed by atoms with Crippen molar-refractivity contribution in [2.24, 2.45) is 129 Å². The zero-order valence-electron chi connectivity index (χ0n) is 61.1. The summed E-state index contributed by atoms with van der Waals surface area (Å²) in [5.74, 6) is 16.5. The molecule has 86 heavy (non-hydrogen) atoms. The smallest absolute Gasteiger partial charge is 0.0143 e. The second-order valence-electron chi connectivity index (χ2n) is 35.8. The van der Waals surface area contributed by atoms with Crippen LogP contribution in [0.25, 0.3) is 0 Å². The minimum Gasteiger partial charge on any atom is -0.0953 e. The Balaban J connectivity index is 0.000000185. The van der Waals surface area contributed by atoms with Crippen LogP contribution in [-0.2, 0) is 0 Å². The van der Waals surface area contributed by atoms with Crippen molar-refractivity contribution in [3.8, 4) is 0 Å². The molecule has 0 amide bonds. The number of allylic oxidation sites excluding steroid dienone is 13. The molecule has 9 aliphatic rings. The Bertz CT molecular complexity index is 2270. The topological polar surface area (TPSA) is 0 Å². The van der Waals surface area contributed by atoms with Crippen molar-refractivity contribution in [2.45, 2.75) is 331 Å². The Morgan fingerprint density at radius 3 is 1.10 bits per heavy atom. The van der Waals surface area contributed by atoms with Crippen LogP contribution in [-0.4, -0.2) is 0 Å². The molecule has 0 aromatic rings. The molecule has 0 saturated heterocycles. The standard InChI is InChI=1S/C29H48.C29H50.C28H48/c1-20(2)10-8-11-22(4)27-15-16-28-25(12-9-17-29(27,28)7)13-14-26-19-21(3)18-23(5)24(26)6;1-20(2)10-8-11-21(3)27-15-16-28-26(12-9-17-29(27,28)7)14-13-25-18-22(4)24(6)23(5)19-25;1-20(2)9-7-10-23(5)26-14-15-27-25(11-8-16-28(26,27)6)13-12-24-18-21(3)17-22(4)19-24/h13-14,20-23,27-28H,6,8-12,15-19H2,1-5,7H3;13-14,20-24,27-28H,8-12,15-19H2,1-7H3;12-13,20-23,26-27H,7-11,14-19H2,1-6H3/b25-13+,26-14-;25-13?,26-14+;25-13+/t21-,22+,23-,27?,28-,29+;21-,22-,23-,24?,27?,28+,29-;21-,22-,23+,26?,27-,28+/m010/s1. The van der Waals surface area contributed by atoms with Crippen LogP contribution in [0.2, 0.25) is 0 Å². The van der Waals surface area contributed by atoms with Crippen LogP contribution < -0.4 is 0 Å². The van der Waals surface area contributed by atoms with E-state index in [1.54, 1.807) is 16.7 Å². The summed E-state index contributed by atoms with van der Waals surface area (Å²) < 4.78 is 0. The van der Waals surface area contributed by atoms with Gasteiger partial charge in [-0.1, -0.05) is 260 Å². The lowest BCUT2D eigenvalue weighted by atomic mass is 9.60. The van der Waals surface area contributed by atoms with Gasteiger partial charge in [-0.15, -0.1) is 0 Å². The summed E-state index contributed by atoms with van der Waals surface area (Å²) in [5, 5.41) is 0. The maximum atomic E-state index is 4.43. The maximum Gasteiger partial charge on any atom is -0.0143 e. The molecule has 0 spiro atoms. The van der Waals surface area contributed by atoms with Crippen LogP contribution in [0.1, 0.15) is 331 Å². The zero-order chi connectivity index (χ0) is 62.7. The molecule has 0 aromatic heterocycles. The molecule has 9 aliphatic carbocycles. The number of hydrogen-bond acceptors (Lipinski definition) is 0. The molecule has 18 atom stereocenters. The molecule has 0 heteroatoms. The van der Waals surface area contributed by atoms with Gasteiger partial charge in [0.1, 0.15) is 0 Å². The lowest BCUT2D eigenvalue weighted by Gasteiger charge is -2.44. The highest BCUT2D eigenvalue weighted by molar-refractivity contribution is 5.37. The molecule has 0 radical (unpaired) electrons. The average Bonchev–Trinajstić information content (AvgIpc) is 3.18. The van der Waals surface area contributed by atoms with Crippen LogP contribution in [0, 0.1) is 129 Å². The van der Waals surface area contributed by atoms with E-state index in [0.29, 0.717) is 22.2 Å². The number of hydrogen-bond donors (Lipinski definition) is 0. The van der Waals surface area contributed by atoms with E-state index < -0.39 is 0 Å². The molecule has 3 unspecified atom stereocenters. The highest BCUT2D eigenvalue weighted by Gasteiger charge is 2.53. The molecule has 0 aliphatic heterocycles. The Morgan fingerprint density at radius 2 is 0.744 bits per heavy atom. The molecular weight excluding hydrogens is 1030 g/mol. The molecule has 0 aromatic carbocycles. The predicted molar refractivity (Wildman–Crippen MR) is 382 cm³/mol. The highest BCUT2D eigenvalue weighted by Crippen LogP contribution is 2.63.